The van der Waals surface area contributed by atoms with Gasteiger partial charge in [-0.15, -0.1) is 0 Å². The molecule has 45 heavy (non-hydrogen) atoms. The summed E-state index contributed by atoms with van der Waals surface area (Å²) in [5, 5.41) is 2.96. The van der Waals surface area contributed by atoms with Crippen molar-refractivity contribution >= 4 is 43.5 Å². The Morgan fingerprint density at radius 2 is 1.47 bits per heavy atom. The normalized spacial score (nSPS) is 12.0. The molecule has 0 heterocycles. The van der Waals surface area contributed by atoms with Crippen molar-refractivity contribution in [2.24, 2.45) is 5.92 Å². The first-order chi connectivity index (χ1) is 21.4. The molecule has 0 aliphatic carbocycles. The minimum Gasteiger partial charge on any atom is -0.354 e. The minimum atomic E-state index is -4.20. The Morgan fingerprint density at radius 1 is 0.844 bits per heavy atom. The van der Waals surface area contributed by atoms with Gasteiger partial charge in [0.05, 0.1) is 10.6 Å². The number of rotatable bonds is 13. The summed E-state index contributed by atoms with van der Waals surface area (Å²) in [6, 6.07) is 27.1. The number of hydrogen-bond acceptors (Lipinski definition) is 4. The highest BCUT2D eigenvalue weighted by atomic mass is 79.9. The monoisotopic (exact) mass is 693 g/mol. The second-order valence-corrected chi connectivity index (χ2v) is 14.1. The van der Waals surface area contributed by atoms with Crippen LogP contribution in [0.2, 0.25) is 0 Å². The van der Waals surface area contributed by atoms with E-state index >= 15 is 0 Å². The van der Waals surface area contributed by atoms with Crippen molar-refractivity contribution in [1.29, 1.82) is 0 Å². The van der Waals surface area contributed by atoms with Gasteiger partial charge in [0.1, 0.15) is 18.4 Å². The van der Waals surface area contributed by atoms with Gasteiger partial charge >= 0.3 is 0 Å². The van der Waals surface area contributed by atoms with Gasteiger partial charge in [-0.2, -0.15) is 0 Å². The van der Waals surface area contributed by atoms with Crippen LogP contribution in [-0.2, 0) is 32.6 Å². The van der Waals surface area contributed by atoms with Crippen molar-refractivity contribution in [3.05, 3.63) is 130 Å². The second-order valence-electron chi connectivity index (χ2n) is 11.3. The number of benzene rings is 4. The lowest BCUT2D eigenvalue weighted by atomic mass is 10.0. The number of nitrogens with zero attached hydrogens (tertiary/aromatic N) is 2. The van der Waals surface area contributed by atoms with E-state index in [0.717, 1.165) is 19.9 Å². The zero-order valence-electron chi connectivity index (χ0n) is 25.5. The molecule has 0 aliphatic heterocycles. The maximum Gasteiger partial charge on any atom is 0.264 e. The fourth-order valence-electron chi connectivity index (χ4n) is 4.74. The van der Waals surface area contributed by atoms with Gasteiger partial charge in [-0.1, -0.05) is 89.9 Å². The van der Waals surface area contributed by atoms with E-state index in [-0.39, 0.29) is 35.4 Å². The van der Waals surface area contributed by atoms with E-state index in [0.29, 0.717) is 12.1 Å². The van der Waals surface area contributed by atoms with E-state index in [1.807, 2.05) is 51.1 Å². The molecule has 0 radical (unpaired) electrons. The molecule has 0 spiro atoms. The smallest absolute Gasteiger partial charge is 0.264 e. The van der Waals surface area contributed by atoms with Gasteiger partial charge in [-0.3, -0.25) is 13.9 Å². The number of nitrogens with one attached hydrogen (secondary N) is 1. The molecular weight excluding hydrogens is 657 g/mol. The van der Waals surface area contributed by atoms with E-state index in [2.05, 4.69) is 21.2 Å². The lowest BCUT2D eigenvalue weighted by Crippen LogP contribution is -2.53. The Kier molecular flexibility index (Phi) is 11.5. The average Bonchev–Trinajstić information content (AvgIpc) is 3.02. The third-order valence-corrected chi connectivity index (χ3v) is 9.54. The Labute approximate surface area is 273 Å². The van der Waals surface area contributed by atoms with Crippen LogP contribution in [0.25, 0.3) is 0 Å². The van der Waals surface area contributed by atoms with Crippen molar-refractivity contribution in [1.82, 2.24) is 10.2 Å². The summed E-state index contributed by atoms with van der Waals surface area (Å²) in [7, 11) is -4.20. The fraction of sp³-hybridized carbons (Fsp3) is 0.257. The Bertz CT molecular complexity index is 1680. The molecule has 4 aromatic carbocycles. The van der Waals surface area contributed by atoms with Crippen molar-refractivity contribution in [3.63, 3.8) is 0 Å². The lowest BCUT2D eigenvalue weighted by Gasteiger charge is -2.34. The van der Waals surface area contributed by atoms with Crippen LogP contribution in [0.3, 0.4) is 0 Å². The molecule has 4 aromatic rings. The maximum absolute atomic E-state index is 14.4. The van der Waals surface area contributed by atoms with E-state index in [4.69, 9.17) is 0 Å². The molecule has 0 saturated carbocycles. The van der Waals surface area contributed by atoms with Gasteiger partial charge in [-0.05, 0) is 72.5 Å². The first kappa shape index (κ1) is 33.9. The molecule has 1 unspecified atom stereocenters. The molecule has 0 saturated heterocycles. The van der Waals surface area contributed by atoms with Crippen molar-refractivity contribution in [2.75, 3.05) is 17.4 Å². The van der Waals surface area contributed by atoms with E-state index < -0.39 is 34.3 Å². The van der Waals surface area contributed by atoms with Crippen molar-refractivity contribution < 1.29 is 22.4 Å². The molecule has 1 N–H and O–H groups in total. The first-order valence-corrected chi connectivity index (χ1v) is 16.9. The van der Waals surface area contributed by atoms with Gasteiger partial charge < -0.3 is 10.2 Å². The van der Waals surface area contributed by atoms with E-state index in [1.165, 1.54) is 29.2 Å². The summed E-state index contributed by atoms with van der Waals surface area (Å²) in [5.74, 6) is -1.21. The summed E-state index contributed by atoms with van der Waals surface area (Å²) >= 11 is 3.39. The van der Waals surface area contributed by atoms with Crippen LogP contribution in [0.5, 0.6) is 0 Å². The Hall–Kier alpha value is -4.02. The average molecular weight is 695 g/mol. The first-order valence-electron chi connectivity index (χ1n) is 14.6. The summed E-state index contributed by atoms with van der Waals surface area (Å²) in [5.41, 5.74) is 2.60. The van der Waals surface area contributed by atoms with Crippen molar-refractivity contribution in [3.8, 4) is 0 Å². The van der Waals surface area contributed by atoms with Gasteiger partial charge in [0, 0.05) is 24.0 Å². The SMILES string of the molecule is Cc1ccc(S(=O)(=O)N(CC(=O)N(Cc2ccc(F)cc2)C(Cc2ccccc2)C(=O)NCC(C)C)c2ccc(Br)cc2)cc1. The van der Waals surface area contributed by atoms with Gasteiger partial charge in [0.25, 0.3) is 10.0 Å². The van der Waals surface area contributed by atoms with E-state index in [1.54, 1.807) is 48.5 Å². The maximum atomic E-state index is 14.4. The number of amides is 2. The molecule has 0 aromatic heterocycles. The molecule has 4 rings (SSSR count). The molecule has 2 amide bonds. The van der Waals surface area contributed by atoms with Crippen molar-refractivity contribution in [2.45, 2.75) is 44.7 Å². The second kappa shape index (κ2) is 15.3. The van der Waals surface area contributed by atoms with Crippen LogP contribution in [0, 0.1) is 18.7 Å². The highest BCUT2D eigenvalue weighted by Gasteiger charge is 2.34. The highest BCUT2D eigenvalue weighted by molar-refractivity contribution is 9.10. The Morgan fingerprint density at radius 3 is 2.07 bits per heavy atom. The molecule has 0 bridgehead atoms. The number of anilines is 1. The largest absolute Gasteiger partial charge is 0.354 e. The van der Waals surface area contributed by atoms with Crippen LogP contribution < -0.4 is 9.62 Å². The molecule has 236 valence electrons. The summed E-state index contributed by atoms with van der Waals surface area (Å²) in [4.78, 5) is 29.6. The zero-order valence-corrected chi connectivity index (χ0v) is 27.9. The van der Waals surface area contributed by atoms with Gasteiger partial charge in [0.2, 0.25) is 11.8 Å². The zero-order chi connectivity index (χ0) is 32.6. The molecule has 10 heteroatoms. The quantitative estimate of drug-likeness (QED) is 0.173. The van der Waals surface area contributed by atoms with Crippen LogP contribution in [0.1, 0.15) is 30.5 Å². The predicted molar refractivity (Wildman–Crippen MR) is 179 cm³/mol. The number of hydrogen-bond donors (Lipinski definition) is 1. The van der Waals surface area contributed by atoms with E-state index in [9.17, 15) is 22.4 Å². The molecule has 0 fully saturated rings. The number of halogens is 2. The standard InChI is InChI=1S/C35H37BrFN3O4S/c1-25(2)22-38-35(42)33(21-27-7-5-4-6-8-27)39(23-28-11-15-30(37)16-12-28)34(41)24-40(31-17-13-29(36)14-18-31)45(43,44)32-19-9-26(3)10-20-32/h4-20,25,33H,21-24H2,1-3H3,(H,38,42). The number of aryl methyl sites for hydroxylation is 1. The predicted octanol–water partition coefficient (Wildman–Crippen LogP) is 6.50. The Balaban J connectivity index is 1.79. The summed E-state index contributed by atoms with van der Waals surface area (Å²) in [6.07, 6.45) is 0.195. The van der Waals surface area contributed by atoms with Crippen LogP contribution in [0.15, 0.2) is 112 Å². The highest BCUT2D eigenvalue weighted by Crippen LogP contribution is 2.27. The summed E-state index contributed by atoms with van der Waals surface area (Å²) in [6.45, 7) is 5.60. The number of carbonyl (C=O) groups is 2. The van der Waals surface area contributed by atoms with Crippen LogP contribution >= 0.6 is 15.9 Å². The number of carbonyl (C=O) groups excluding carboxylic acids is 2. The fourth-order valence-corrected chi connectivity index (χ4v) is 6.42. The third kappa shape index (κ3) is 9.25. The molecule has 0 aliphatic rings. The topological polar surface area (TPSA) is 86.8 Å². The lowest BCUT2D eigenvalue weighted by molar-refractivity contribution is -0.140. The molecular formula is C35H37BrFN3O4S. The molecule has 7 nitrogen and oxygen atoms in total. The molecule has 1 atom stereocenters. The van der Waals surface area contributed by atoms with Crippen LogP contribution in [-0.4, -0.2) is 44.3 Å². The van der Waals surface area contributed by atoms with Gasteiger partial charge in [-0.25, -0.2) is 12.8 Å². The minimum absolute atomic E-state index is 0.0319. The third-order valence-electron chi connectivity index (χ3n) is 7.22. The van der Waals surface area contributed by atoms with Crippen LogP contribution in [0.4, 0.5) is 10.1 Å². The number of sulfonamides is 1. The van der Waals surface area contributed by atoms with Gasteiger partial charge in [0.15, 0.2) is 0 Å². The summed E-state index contributed by atoms with van der Waals surface area (Å²) < 4.78 is 43.8.